The maximum Gasteiger partial charge on any atom is 0.232 e. The number of H-pyrrole nitrogens is 1. The number of rotatable bonds is 6. The van der Waals surface area contributed by atoms with Crippen LogP contribution in [0.4, 0.5) is 0 Å². The van der Waals surface area contributed by atoms with Crippen LogP contribution in [-0.2, 0) is 4.79 Å². The molecule has 0 fully saturated rings. The van der Waals surface area contributed by atoms with Crippen molar-refractivity contribution in [3.05, 3.63) is 5.82 Å². The molecule has 1 aromatic rings. The second kappa shape index (κ2) is 7.01. The number of aromatic amines is 1. The SMILES string of the molecule is CC(C)c1nc(SCC(=O)N(C)CCC#N)n[nH]1. The Kier molecular flexibility index (Phi) is 5.65. The first-order valence-corrected chi connectivity index (χ1v) is 6.69. The Labute approximate surface area is 111 Å². The van der Waals surface area contributed by atoms with Crippen molar-refractivity contribution in [2.45, 2.75) is 31.3 Å². The lowest BCUT2D eigenvalue weighted by molar-refractivity contribution is -0.127. The Morgan fingerprint density at radius 3 is 2.89 bits per heavy atom. The predicted octanol–water partition coefficient (Wildman–Crippen LogP) is 1.39. The summed E-state index contributed by atoms with van der Waals surface area (Å²) < 4.78 is 0. The normalized spacial score (nSPS) is 10.4. The van der Waals surface area contributed by atoms with E-state index in [2.05, 4.69) is 15.2 Å². The van der Waals surface area contributed by atoms with Crippen LogP contribution in [0.25, 0.3) is 0 Å². The zero-order valence-corrected chi connectivity index (χ0v) is 11.6. The summed E-state index contributed by atoms with van der Waals surface area (Å²) in [6.45, 7) is 4.51. The van der Waals surface area contributed by atoms with E-state index in [0.29, 0.717) is 24.0 Å². The molecular weight excluding hydrogens is 250 g/mol. The van der Waals surface area contributed by atoms with E-state index in [1.165, 1.54) is 11.8 Å². The number of carbonyl (C=O) groups is 1. The molecule has 0 aliphatic heterocycles. The molecule has 0 aromatic carbocycles. The topological polar surface area (TPSA) is 85.7 Å². The van der Waals surface area contributed by atoms with E-state index in [1.54, 1.807) is 11.9 Å². The molecule has 1 heterocycles. The van der Waals surface area contributed by atoms with Gasteiger partial charge in [-0.25, -0.2) is 4.98 Å². The summed E-state index contributed by atoms with van der Waals surface area (Å²) in [4.78, 5) is 17.5. The highest BCUT2D eigenvalue weighted by molar-refractivity contribution is 7.99. The van der Waals surface area contributed by atoms with Crippen LogP contribution in [0.3, 0.4) is 0 Å². The summed E-state index contributed by atoms with van der Waals surface area (Å²) in [5, 5.41) is 15.9. The zero-order chi connectivity index (χ0) is 13.5. The predicted molar refractivity (Wildman–Crippen MR) is 69.1 cm³/mol. The van der Waals surface area contributed by atoms with E-state index < -0.39 is 0 Å². The first kappa shape index (κ1) is 14.5. The second-order valence-electron chi connectivity index (χ2n) is 4.17. The number of aromatic nitrogens is 3. The molecule has 7 heteroatoms. The zero-order valence-electron chi connectivity index (χ0n) is 10.8. The van der Waals surface area contributed by atoms with Crippen LogP contribution < -0.4 is 0 Å². The van der Waals surface area contributed by atoms with Gasteiger partial charge >= 0.3 is 0 Å². The van der Waals surface area contributed by atoms with Gasteiger partial charge in [-0.15, -0.1) is 5.10 Å². The number of thioether (sulfide) groups is 1. The molecule has 0 aliphatic rings. The quantitative estimate of drug-likeness (QED) is 0.787. The van der Waals surface area contributed by atoms with Crippen LogP contribution in [0.5, 0.6) is 0 Å². The number of carbonyl (C=O) groups excluding carboxylic acids is 1. The monoisotopic (exact) mass is 267 g/mol. The van der Waals surface area contributed by atoms with Crippen molar-refractivity contribution in [2.24, 2.45) is 0 Å². The van der Waals surface area contributed by atoms with Gasteiger partial charge in [0.25, 0.3) is 0 Å². The average molecular weight is 267 g/mol. The van der Waals surface area contributed by atoms with Gasteiger partial charge in [0, 0.05) is 19.5 Å². The minimum atomic E-state index is -0.0221. The summed E-state index contributed by atoms with van der Waals surface area (Å²) in [6, 6.07) is 2.01. The third kappa shape index (κ3) is 4.37. The Balaban J connectivity index is 2.40. The third-order valence-electron chi connectivity index (χ3n) is 2.34. The van der Waals surface area contributed by atoms with Gasteiger partial charge in [0.15, 0.2) is 0 Å². The van der Waals surface area contributed by atoms with Gasteiger partial charge in [-0.1, -0.05) is 25.6 Å². The van der Waals surface area contributed by atoms with Crippen molar-refractivity contribution >= 4 is 17.7 Å². The fourth-order valence-electron chi connectivity index (χ4n) is 1.16. The Bertz CT molecular complexity index is 437. The first-order chi connectivity index (χ1) is 8.54. The molecule has 0 saturated carbocycles. The Morgan fingerprint density at radius 2 is 2.33 bits per heavy atom. The van der Waals surface area contributed by atoms with Crippen LogP contribution in [0, 0.1) is 11.3 Å². The highest BCUT2D eigenvalue weighted by atomic mass is 32.2. The lowest BCUT2D eigenvalue weighted by atomic mass is 10.2. The standard InChI is InChI=1S/C11H17N5OS/c1-8(2)10-13-11(15-14-10)18-7-9(17)16(3)6-4-5-12/h8H,4,6-7H2,1-3H3,(H,13,14,15). The molecule has 98 valence electrons. The lowest BCUT2D eigenvalue weighted by Crippen LogP contribution is -2.29. The molecule has 1 amide bonds. The molecule has 1 aromatic heterocycles. The Hall–Kier alpha value is -1.55. The summed E-state index contributed by atoms with van der Waals surface area (Å²) in [5.41, 5.74) is 0. The summed E-state index contributed by atoms with van der Waals surface area (Å²) in [6.07, 6.45) is 0.352. The van der Waals surface area contributed by atoms with Crippen molar-refractivity contribution in [3.63, 3.8) is 0 Å². The van der Waals surface area contributed by atoms with Gasteiger partial charge in [0.2, 0.25) is 11.1 Å². The smallest absolute Gasteiger partial charge is 0.232 e. The van der Waals surface area contributed by atoms with E-state index in [-0.39, 0.29) is 11.7 Å². The highest BCUT2D eigenvalue weighted by Crippen LogP contribution is 2.16. The van der Waals surface area contributed by atoms with Gasteiger partial charge in [0.1, 0.15) is 5.82 Å². The van der Waals surface area contributed by atoms with Crippen LogP contribution >= 0.6 is 11.8 Å². The average Bonchev–Trinajstić information content (AvgIpc) is 2.81. The number of amides is 1. The van der Waals surface area contributed by atoms with Crippen LogP contribution in [0.1, 0.15) is 32.0 Å². The van der Waals surface area contributed by atoms with Gasteiger partial charge in [-0.2, -0.15) is 5.26 Å². The maximum atomic E-state index is 11.7. The van der Waals surface area contributed by atoms with Crippen LogP contribution in [0.2, 0.25) is 0 Å². The third-order valence-corrected chi connectivity index (χ3v) is 3.17. The van der Waals surface area contributed by atoms with E-state index in [0.717, 1.165) is 5.82 Å². The largest absolute Gasteiger partial charge is 0.344 e. The molecule has 0 aliphatic carbocycles. The molecule has 1 N–H and O–H groups in total. The summed E-state index contributed by atoms with van der Waals surface area (Å²) >= 11 is 1.30. The second-order valence-corrected chi connectivity index (χ2v) is 5.11. The fraction of sp³-hybridized carbons (Fsp3) is 0.636. The molecular formula is C11H17N5OS. The van der Waals surface area contributed by atoms with E-state index >= 15 is 0 Å². The molecule has 0 saturated heterocycles. The maximum absolute atomic E-state index is 11.7. The van der Waals surface area contributed by atoms with Crippen molar-refractivity contribution in [1.82, 2.24) is 20.1 Å². The van der Waals surface area contributed by atoms with E-state index in [9.17, 15) is 4.79 Å². The number of nitrogens with one attached hydrogen (secondary N) is 1. The molecule has 1 rings (SSSR count). The Morgan fingerprint density at radius 1 is 1.61 bits per heavy atom. The van der Waals surface area contributed by atoms with Gasteiger partial charge in [0.05, 0.1) is 18.2 Å². The van der Waals surface area contributed by atoms with Crippen LogP contribution in [0.15, 0.2) is 5.16 Å². The van der Waals surface area contributed by atoms with E-state index in [4.69, 9.17) is 5.26 Å². The van der Waals surface area contributed by atoms with E-state index in [1.807, 2.05) is 19.9 Å². The molecule has 6 nitrogen and oxygen atoms in total. The number of hydrogen-bond donors (Lipinski definition) is 1. The highest BCUT2D eigenvalue weighted by Gasteiger charge is 2.12. The number of nitriles is 1. The minimum Gasteiger partial charge on any atom is -0.344 e. The van der Waals surface area contributed by atoms with Crippen molar-refractivity contribution < 1.29 is 4.79 Å². The molecule has 0 spiro atoms. The lowest BCUT2D eigenvalue weighted by Gasteiger charge is -2.14. The number of hydrogen-bond acceptors (Lipinski definition) is 5. The first-order valence-electron chi connectivity index (χ1n) is 5.70. The van der Waals surface area contributed by atoms with Crippen molar-refractivity contribution in [3.8, 4) is 6.07 Å². The van der Waals surface area contributed by atoms with Crippen molar-refractivity contribution in [1.29, 1.82) is 5.26 Å². The van der Waals surface area contributed by atoms with Gasteiger partial charge < -0.3 is 4.90 Å². The number of nitrogens with zero attached hydrogens (tertiary/aromatic N) is 4. The molecule has 0 unspecified atom stereocenters. The summed E-state index contributed by atoms with van der Waals surface area (Å²) in [7, 11) is 1.69. The van der Waals surface area contributed by atoms with Gasteiger partial charge in [-0.05, 0) is 0 Å². The molecule has 0 radical (unpaired) electrons. The minimum absolute atomic E-state index is 0.0221. The van der Waals surface area contributed by atoms with Crippen LogP contribution in [-0.4, -0.2) is 45.3 Å². The fourth-order valence-corrected chi connectivity index (χ4v) is 1.91. The molecule has 0 bridgehead atoms. The molecule has 0 atom stereocenters. The molecule has 18 heavy (non-hydrogen) atoms. The van der Waals surface area contributed by atoms with Gasteiger partial charge in [-0.3, -0.25) is 9.89 Å². The van der Waals surface area contributed by atoms with Crippen molar-refractivity contribution in [2.75, 3.05) is 19.3 Å². The summed E-state index contributed by atoms with van der Waals surface area (Å²) in [5.74, 6) is 1.38.